The third-order valence-electron chi connectivity index (χ3n) is 4.07. The van der Waals surface area contributed by atoms with Gasteiger partial charge >= 0.3 is 0 Å². The molecular weight excluding hydrogens is 374 g/mol. The molecule has 28 heavy (non-hydrogen) atoms. The maximum absolute atomic E-state index is 12.2. The summed E-state index contributed by atoms with van der Waals surface area (Å²) in [7, 11) is 0. The lowest BCUT2D eigenvalue weighted by Gasteiger charge is -2.11. The van der Waals surface area contributed by atoms with Crippen molar-refractivity contribution < 1.29 is 14.3 Å². The third-order valence-corrected chi connectivity index (χ3v) is 4.84. The van der Waals surface area contributed by atoms with Crippen molar-refractivity contribution in [3.63, 3.8) is 0 Å². The lowest BCUT2D eigenvalue weighted by Crippen LogP contribution is -2.20. The van der Waals surface area contributed by atoms with Crippen LogP contribution < -0.4 is 14.8 Å². The summed E-state index contributed by atoms with van der Waals surface area (Å²) in [5.74, 6) is 0.943. The Morgan fingerprint density at radius 3 is 2.57 bits per heavy atom. The number of nitrogens with zero attached hydrogens (tertiary/aromatic N) is 2. The number of ether oxygens (including phenoxy) is 2. The smallest absolute Gasteiger partial charge is 0.262 e. The summed E-state index contributed by atoms with van der Waals surface area (Å²) in [4.78, 5) is 17.7. The molecule has 0 unspecified atom stereocenters. The van der Waals surface area contributed by atoms with Crippen LogP contribution in [0.3, 0.4) is 0 Å². The number of amides is 1. The molecule has 4 rings (SSSR count). The number of hydrogen-bond acceptors (Lipinski definition) is 5. The van der Waals surface area contributed by atoms with E-state index in [-0.39, 0.29) is 12.5 Å². The van der Waals surface area contributed by atoms with E-state index < -0.39 is 0 Å². The highest BCUT2D eigenvalue weighted by Crippen LogP contribution is 2.26. The van der Waals surface area contributed by atoms with Crippen molar-refractivity contribution in [2.24, 2.45) is 0 Å². The van der Waals surface area contributed by atoms with Gasteiger partial charge in [-0.1, -0.05) is 24.3 Å². The Balaban J connectivity index is 1.36. The third kappa shape index (κ3) is 3.99. The molecule has 1 amide bonds. The first-order chi connectivity index (χ1) is 13.7. The Bertz CT molecular complexity index is 1060. The van der Waals surface area contributed by atoms with Crippen LogP contribution in [-0.4, -0.2) is 28.5 Å². The average molecular weight is 393 g/mol. The van der Waals surface area contributed by atoms with Gasteiger partial charge in [-0.25, -0.2) is 4.98 Å². The van der Waals surface area contributed by atoms with Gasteiger partial charge in [-0.2, -0.15) is 0 Å². The molecule has 0 spiro atoms. The van der Waals surface area contributed by atoms with Crippen LogP contribution in [0.5, 0.6) is 11.5 Å². The van der Waals surface area contributed by atoms with E-state index in [0.29, 0.717) is 23.8 Å². The molecule has 0 bridgehead atoms. The number of aromatic nitrogens is 2. The quantitative estimate of drug-likeness (QED) is 0.503. The second kappa shape index (κ2) is 8.14. The van der Waals surface area contributed by atoms with Gasteiger partial charge in [-0.05, 0) is 31.2 Å². The van der Waals surface area contributed by atoms with Crippen LogP contribution in [-0.2, 0) is 4.79 Å². The van der Waals surface area contributed by atoms with Crippen molar-refractivity contribution in [3.05, 3.63) is 66.3 Å². The van der Waals surface area contributed by atoms with E-state index in [1.165, 1.54) is 0 Å². The molecule has 0 aliphatic rings. The Hall–Kier alpha value is -3.32. The van der Waals surface area contributed by atoms with E-state index >= 15 is 0 Å². The van der Waals surface area contributed by atoms with Crippen LogP contribution in [0, 0.1) is 0 Å². The van der Waals surface area contributed by atoms with Gasteiger partial charge in [0, 0.05) is 29.0 Å². The van der Waals surface area contributed by atoms with Crippen LogP contribution in [0.15, 0.2) is 66.3 Å². The minimum atomic E-state index is -0.235. The molecule has 0 radical (unpaired) electrons. The number of carbonyl (C=O) groups is 1. The van der Waals surface area contributed by atoms with Crippen molar-refractivity contribution in [3.8, 4) is 22.8 Å². The van der Waals surface area contributed by atoms with Crippen molar-refractivity contribution in [2.75, 3.05) is 18.5 Å². The number of nitrogens with one attached hydrogen (secondary N) is 1. The Labute approximate surface area is 166 Å². The fourth-order valence-electron chi connectivity index (χ4n) is 2.78. The van der Waals surface area contributed by atoms with E-state index in [1.807, 2.05) is 71.6 Å². The summed E-state index contributed by atoms with van der Waals surface area (Å²) in [5, 5.41) is 4.84. The van der Waals surface area contributed by atoms with Crippen LogP contribution in [0.2, 0.25) is 0 Å². The molecular formula is C21H19N3O3S. The zero-order chi connectivity index (χ0) is 19.3. The average Bonchev–Trinajstić information content (AvgIpc) is 3.30. The second-order valence-corrected chi connectivity index (χ2v) is 6.89. The van der Waals surface area contributed by atoms with E-state index in [1.54, 1.807) is 17.4 Å². The predicted octanol–water partition coefficient (Wildman–Crippen LogP) is 4.48. The maximum atomic E-state index is 12.2. The fourth-order valence-corrected chi connectivity index (χ4v) is 3.48. The van der Waals surface area contributed by atoms with E-state index in [9.17, 15) is 4.79 Å². The molecule has 0 aliphatic carbocycles. The number of para-hydroxylation sites is 2. The lowest BCUT2D eigenvalue weighted by atomic mass is 10.1. The molecule has 1 N–H and O–H groups in total. The molecule has 4 aromatic rings. The number of anilines is 1. The molecule has 0 saturated carbocycles. The fraction of sp³-hybridized carbons (Fsp3) is 0.143. The number of imidazole rings is 1. The number of thiazole rings is 1. The van der Waals surface area contributed by atoms with Crippen molar-refractivity contribution in [1.82, 2.24) is 9.38 Å². The number of carbonyl (C=O) groups excluding carboxylic acids is 1. The van der Waals surface area contributed by atoms with Gasteiger partial charge in [0.1, 0.15) is 0 Å². The molecule has 2 aromatic heterocycles. The Morgan fingerprint density at radius 1 is 1.11 bits per heavy atom. The second-order valence-electron chi connectivity index (χ2n) is 6.01. The van der Waals surface area contributed by atoms with Crippen molar-refractivity contribution >= 4 is 27.9 Å². The van der Waals surface area contributed by atoms with Gasteiger partial charge in [-0.3, -0.25) is 9.20 Å². The maximum Gasteiger partial charge on any atom is 0.262 e. The number of benzene rings is 2. The SMILES string of the molecule is CCOc1ccccc1OCC(=O)Nc1ccc(-c2cn3ccsc3n2)cc1. The van der Waals surface area contributed by atoms with E-state index in [0.717, 1.165) is 16.2 Å². The summed E-state index contributed by atoms with van der Waals surface area (Å²) in [6.45, 7) is 2.34. The molecule has 142 valence electrons. The Kier molecular flexibility index (Phi) is 5.25. The van der Waals surface area contributed by atoms with Crippen LogP contribution in [0.25, 0.3) is 16.2 Å². The monoisotopic (exact) mass is 393 g/mol. The molecule has 2 heterocycles. The summed E-state index contributed by atoms with van der Waals surface area (Å²) >= 11 is 1.59. The van der Waals surface area contributed by atoms with Gasteiger partial charge < -0.3 is 14.8 Å². The minimum absolute atomic E-state index is 0.0941. The van der Waals surface area contributed by atoms with Crippen LogP contribution >= 0.6 is 11.3 Å². The van der Waals surface area contributed by atoms with Crippen LogP contribution in [0.4, 0.5) is 5.69 Å². The van der Waals surface area contributed by atoms with Crippen LogP contribution in [0.1, 0.15) is 6.92 Å². The summed E-state index contributed by atoms with van der Waals surface area (Å²) in [6.07, 6.45) is 3.97. The Morgan fingerprint density at radius 2 is 1.86 bits per heavy atom. The van der Waals surface area contributed by atoms with Gasteiger partial charge in [0.25, 0.3) is 5.91 Å². The molecule has 0 atom stereocenters. The summed E-state index contributed by atoms with van der Waals surface area (Å²) in [5.41, 5.74) is 2.60. The van der Waals surface area contributed by atoms with E-state index in [2.05, 4.69) is 10.3 Å². The zero-order valence-corrected chi connectivity index (χ0v) is 16.1. The first-order valence-electron chi connectivity index (χ1n) is 8.90. The normalized spacial score (nSPS) is 10.8. The van der Waals surface area contributed by atoms with Crippen molar-refractivity contribution in [2.45, 2.75) is 6.92 Å². The summed E-state index contributed by atoms with van der Waals surface area (Å²) < 4.78 is 13.1. The molecule has 6 nitrogen and oxygen atoms in total. The predicted molar refractivity (Wildman–Crippen MR) is 110 cm³/mol. The van der Waals surface area contributed by atoms with Gasteiger partial charge in [-0.15, -0.1) is 11.3 Å². The molecule has 0 fully saturated rings. The van der Waals surface area contributed by atoms with Gasteiger partial charge in [0.2, 0.25) is 0 Å². The first-order valence-corrected chi connectivity index (χ1v) is 9.78. The zero-order valence-electron chi connectivity index (χ0n) is 15.3. The molecule has 2 aromatic carbocycles. The summed E-state index contributed by atoms with van der Waals surface area (Å²) in [6, 6.07) is 14.9. The topological polar surface area (TPSA) is 64.9 Å². The van der Waals surface area contributed by atoms with E-state index in [4.69, 9.17) is 9.47 Å². The largest absolute Gasteiger partial charge is 0.490 e. The minimum Gasteiger partial charge on any atom is -0.490 e. The highest BCUT2D eigenvalue weighted by molar-refractivity contribution is 7.15. The molecule has 0 saturated heterocycles. The van der Waals surface area contributed by atoms with Gasteiger partial charge in [0.05, 0.1) is 12.3 Å². The molecule has 7 heteroatoms. The lowest BCUT2D eigenvalue weighted by molar-refractivity contribution is -0.118. The first kappa shape index (κ1) is 18.1. The molecule has 0 aliphatic heterocycles. The number of hydrogen-bond donors (Lipinski definition) is 1. The standard InChI is InChI=1S/C21H19N3O3S/c1-2-26-18-5-3-4-6-19(18)27-14-20(25)22-16-9-7-15(8-10-16)17-13-24-11-12-28-21(24)23-17/h3-13H,2,14H2,1H3,(H,22,25). The highest BCUT2D eigenvalue weighted by atomic mass is 32.1. The highest BCUT2D eigenvalue weighted by Gasteiger charge is 2.09. The van der Waals surface area contributed by atoms with Gasteiger partial charge in [0.15, 0.2) is 23.1 Å². The van der Waals surface area contributed by atoms with Crippen molar-refractivity contribution in [1.29, 1.82) is 0 Å². The number of rotatable bonds is 7. The number of fused-ring (bicyclic) bond motifs is 1.